The second-order valence-electron chi connectivity index (χ2n) is 17.8. The van der Waals surface area contributed by atoms with Crippen LogP contribution in [-0.2, 0) is 10.8 Å². The first-order valence-electron chi connectivity index (χ1n) is 21.4. The van der Waals surface area contributed by atoms with E-state index < -0.39 is 0 Å². The molecule has 0 atom stereocenters. The number of pyridine rings is 1. The summed E-state index contributed by atoms with van der Waals surface area (Å²) in [6.45, 7) is 17.1. The van der Waals surface area contributed by atoms with Crippen LogP contribution in [0.25, 0.3) is 100 Å². The Morgan fingerprint density at radius 2 is 0.921 bits per heavy atom. The van der Waals surface area contributed by atoms with Gasteiger partial charge >= 0.3 is 0 Å². The maximum Gasteiger partial charge on any atom is 0.188 e. The summed E-state index contributed by atoms with van der Waals surface area (Å²) < 4.78 is 2.27. The van der Waals surface area contributed by atoms with Crippen LogP contribution in [0.1, 0.15) is 49.9 Å². The molecule has 0 N–H and O–H groups in total. The summed E-state index contributed by atoms with van der Waals surface area (Å²) in [4.78, 5) is 24.3. The molecule has 12 rings (SSSR count). The van der Waals surface area contributed by atoms with Gasteiger partial charge in [0.1, 0.15) is 0 Å². The number of hydrogen-bond donors (Lipinski definition) is 0. The molecule has 7 aromatic carbocycles. The van der Waals surface area contributed by atoms with Gasteiger partial charge in [-0.15, -0.1) is 0 Å². The van der Waals surface area contributed by atoms with Crippen LogP contribution >= 0.6 is 0 Å². The van der Waals surface area contributed by atoms with Crippen molar-refractivity contribution in [3.8, 4) is 73.4 Å². The number of fused-ring (bicyclic) bond motifs is 9. The van der Waals surface area contributed by atoms with Gasteiger partial charge in [0.25, 0.3) is 0 Å². The minimum absolute atomic E-state index is 0.177. The maximum atomic E-state index is 7.89. The maximum absolute atomic E-state index is 7.89. The summed E-state index contributed by atoms with van der Waals surface area (Å²) in [5.74, 6) is 1.83. The highest BCUT2D eigenvalue weighted by atomic mass is 15.0. The Labute approximate surface area is 366 Å². The molecule has 3 aromatic heterocycles. The first-order chi connectivity index (χ1) is 30.7. The fourth-order valence-electron chi connectivity index (χ4n) is 10.3. The molecule has 63 heavy (non-hydrogen) atoms. The normalized spacial score (nSPS) is 14.0. The van der Waals surface area contributed by atoms with Gasteiger partial charge in [-0.05, 0) is 117 Å². The van der Waals surface area contributed by atoms with Crippen LogP contribution in [0.2, 0.25) is 0 Å². The van der Waals surface area contributed by atoms with Crippen LogP contribution in [0.15, 0.2) is 170 Å². The van der Waals surface area contributed by atoms with Gasteiger partial charge in [0, 0.05) is 50.4 Å². The zero-order valence-corrected chi connectivity index (χ0v) is 35.3. The number of rotatable bonds is 5. The summed E-state index contributed by atoms with van der Waals surface area (Å²) in [7, 11) is 0. The summed E-state index contributed by atoms with van der Waals surface area (Å²) in [6, 6.07) is 57.6. The Kier molecular flexibility index (Phi) is 7.88. The third-order valence-corrected chi connectivity index (χ3v) is 13.5. The molecule has 2 aliphatic rings. The molecular formula is C57H40N6. The molecule has 0 aliphatic heterocycles. The zero-order chi connectivity index (χ0) is 42.6. The summed E-state index contributed by atoms with van der Waals surface area (Å²) in [5, 5.41) is 2.00. The summed E-state index contributed by atoms with van der Waals surface area (Å²) in [5.41, 5.74) is 18.3. The Morgan fingerprint density at radius 3 is 1.48 bits per heavy atom. The standard InChI is InChI=1S/C57H40N6/c1-56(2)46-14-8-6-12-40(46)42-25-19-36(31-48(42)56)54-60-53(61-55(62-54)37-20-26-43-41-13-7-9-15-47(41)57(3,4)49(43)32-37)35-21-27-51-44(30-35)45-33-38(58-5)22-28-52(45)63(51)39-23-17-34(18-24-39)50-16-10-11-29-59-50/h6-33H,1-4H3. The summed E-state index contributed by atoms with van der Waals surface area (Å²) in [6.07, 6.45) is 1.82. The average Bonchev–Trinajstić information content (AvgIpc) is 3.87. The minimum Gasteiger partial charge on any atom is -0.309 e. The lowest BCUT2D eigenvalue weighted by atomic mass is 9.82. The van der Waals surface area contributed by atoms with Gasteiger partial charge < -0.3 is 4.57 Å². The highest BCUT2D eigenvalue weighted by Gasteiger charge is 2.37. The third-order valence-electron chi connectivity index (χ3n) is 13.5. The molecule has 6 nitrogen and oxygen atoms in total. The molecule has 0 saturated carbocycles. The van der Waals surface area contributed by atoms with E-state index in [1.165, 1.54) is 44.5 Å². The van der Waals surface area contributed by atoms with Gasteiger partial charge in [0.15, 0.2) is 23.2 Å². The van der Waals surface area contributed by atoms with E-state index in [1.54, 1.807) is 0 Å². The van der Waals surface area contributed by atoms with E-state index in [4.69, 9.17) is 21.5 Å². The second-order valence-corrected chi connectivity index (χ2v) is 17.8. The van der Waals surface area contributed by atoms with Gasteiger partial charge in [-0.3, -0.25) is 4.98 Å². The third kappa shape index (κ3) is 5.56. The van der Waals surface area contributed by atoms with Gasteiger partial charge in [-0.25, -0.2) is 19.8 Å². The molecule has 0 amide bonds. The molecule has 0 bridgehead atoms. The smallest absolute Gasteiger partial charge is 0.188 e. The fraction of sp³-hybridized carbons (Fsp3) is 0.105. The zero-order valence-electron chi connectivity index (χ0n) is 35.3. The molecule has 298 valence electrons. The second kappa shape index (κ2) is 13.5. The number of hydrogen-bond acceptors (Lipinski definition) is 4. The van der Waals surface area contributed by atoms with Crippen molar-refractivity contribution in [3.05, 3.63) is 204 Å². The predicted molar refractivity (Wildman–Crippen MR) is 255 cm³/mol. The number of benzene rings is 7. The number of nitrogens with zero attached hydrogens (tertiary/aromatic N) is 6. The monoisotopic (exact) mass is 808 g/mol. The molecule has 0 radical (unpaired) electrons. The van der Waals surface area contributed by atoms with E-state index in [0.29, 0.717) is 23.2 Å². The van der Waals surface area contributed by atoms with Gasteiger partial charge in [-0.2, -0.15) is 0 Å². The topological polar surface area (TPSA) is 60.9 Å². The Balaban J connectivity index is 1.04. The van der Waals surface area contributed by atoms with E-state index in [0.717, 1.165) is 55.4 Å². The Hall–Kier alpha value is -8.01. The Bertz CT molecular complexity index is 3450. The van der Waals surface area contributed by atoms with Crippen LogP contribution < -0.4 is 0 Å². The highest BCUT2D eigenvalue weighted by molar-refractivity contribution is 6.11. The van der Waals surface area contributed by atoms with Crippen molar-refractivity contribution in [2.45, 2.75) is 38.5 Å². The molecule has 0 spiro atoms. The Morgan fingerprint density at radius 1 is 0.444 bits per heavy atom. The lowest BCUT2D eigenvalue weighted by Crippen LogP contribution is -2.15. The van der Waals surface area contributed by atoms with Crippen molar-refractivity contribution in [1.82, 2.24) is 24.5 Å². The quantitative estimate of drug-likeness (QED) is 0.163. The largest absolute Gasteiger partial charge is 0.309 e. The van der Waals surface area contributed by atoms with Crippen molar-refractivity contribution >= 4 is 27.5 Å². The molecule has 3 heterocycles. The van der Waals surface area contributed by atoms with Crippen LogP contribution in [-0.4, -0.2) is 24.5 Å². The van der Waals surface area contributed by atoms with E-state index in [9.17, 15) is 0 Å². The van der Waals surface area contributed by atoms with Crippen LogP contribution in [0.4, 0.5) is 5.69 Å². The van der Waals surface area contributed by atoms with E-state index >= 15 is 0 Å². The minimum atomic E-state index is -0.177. The van der Waals surface area contributed by atoms with Gasteiger partial charge in [-0.1, -0.05) is 125 Å². The molecule has 2 aliphatic carbocycles. The lowest BCUT2D eigenvalue weighted by Gasteiger charge is -2.22. The van der Waals surface area contributed by atoms with Gasteiger partial charge in [0.2, 0.25) is 0 Å². The highest BCUT2D eigenvalue weighted by Crippen LogP contribution is 2.51. The van der Waals surface area contributed by atoms with Crippen molar-refractivity contribution in [2.24, 2.45) is 0 Å². The lowest BCUT2D eigenvalue weighted by molar-refractivity contribution is 0.660. The molecule has 6 heteroatoms. The predicted octanol–water partition coefficient (Wildman–Crippen LogP) is 14.2. The fourth-order valence-corrected chi connectivity index (χ4v) is 10.3. The summed E-state index contributed by atoms with van der Waals surface area (Å²) >= 11 is 0. The molecule has 0 saturated heterocycles. The van der Waals surface area contributed by atoms with E-state index in [1.807, 2.05) is 36.5 Å². The van der Waals surface area contributed by atoms with Crippen molar-refractivity contribution < 1.29 is 0 Å². The van der Waals surface area contributed by atoms with Crippen LogP contribution in [0.3, 0.4) is 0 Å². The van der Waals surface area contributed by atoms with Crippen LogP contribution in [0.5, 0.6) is 0 Å². The van der Waals surface area contributed by atoms with Crippen molar-refractivity contribution in [2.75, 3.05) is 0 Å². The van der Waals surface area contributed by atoms with Crippen molar-refractivity contribution in [3.63, 3.8) is 0 Å². The molecule has 0 fully saturated rings. The van der Waals surface area contributed by atoms with Crippen molar-refractivity contribution in [1.29, 1.82) is 0 Å². The SMILES string of the molecule is [C-]#[N+]c1ccc2c(c1)c1cc(-c3nc(-c4ccc5c(c4)C(C)(C)c4ccccc4-5)nc(-c4ccc5c(c4)C(C)(C)c4ccccc4-5)n3)ccc1n2-c1ccc(-c2ccccn2)cc1. The first-order valence-corrected chi connectivity index (χ1v) is 21.4. The molecular weight excluding hydrogens is 769 g/mol. The van der Waals surface area contributed by atoms with Gasteiger partial charge in [0.05, 0.1) is 23.3 Å². The van der Waals surface area contributed by atoms with E-state index in [2.05, 4.69) is 176 Å². The van der Waals surface area contributed by atoms with E-state index in [-0.39, 0.29) is 10.8 Å². The molecule has 0 unspecified atom stereocenters. The molecule has 10 aromatic rings. The first kappa shape index (κ1) is 36.8. The number of aromatic nitrogens is 5. The van der Waals surface area contributed by atoms with Crippen LogP contribution in [0, 0.1) is 6.57 Å². The average molecular weight is 809 g/mol.